The van der Waals surface area contributed by atoms with E-state index in [2.05, 4.69) is 81.5 Å². The Morgan fingerprint density at radius 2 is 0.494 bits per heavy atom. The van der Waals surface area contributed by atoms with E-state index in [9.17, 15) is 14.4 Å². The molecule has 0 aromatic heterocycles. The summed E-state index contributed by atoms with van der Waals surface area (Å²) < 4.78 is 16.9. The second kappa shape index (κ2) is 65.6. The monoisotopic (exact) mass is 1080 g/mol. The fourth-order valence-electron chi connectivity index (χ4n) is 9.86. The molecule has 6 heteroatoms. The number of carbonyl (C=O) groups excluding carboxylic acids is 3. The Balaban J connectivity index is 4.29. The summed E-state index contributed by atoms with van der Waals surface area (Å²) in [5.41, 5.74) is 0. The SMILES string of the molecule is CCC/C=C\C/C=C\CCCCCCCC(=O)OCC(COC(=O)CCCCCCCCCCCCC/C=C\C/C=C\CCCCCCC)OC(=O)CCCCCCCCCCCCC/C=C\CCCCCCCCCC. The van der Waals surface area contributed by atoms with E-state index < -0.39 is 6.10 Å². The van der Waals surface area contributed by atoms with Crippen LogP contribution in [0.2, 0.25) is 0 Å². The Labute approximate surface area is 479 Å². The summed E-state index contributed by atoms with van der Waals surface area (Å²) in [5, 5.41) is 0. The van der Waals surface area contributed by atoms with Crippen LogP contribution in [0.3, 0.4) is 0 Å². The van der Waals surface area contributed by atoms with Crippen molar-refractivity contribution < 1.29 is 28.6 Å². The molecular formula is C71H128O6. The van der Waals surface area contributed by atoms with Crippen molar-refractivity contribution in [2.24, 2.45) is 0 Å². The standard InChI is InChI=1S/C71H128O6/c1-4-7-10-13-16-19-22-25-27-29-31-33-35-37-39-41-43-46-49-52-55-58-61-64-70(73)76-67-68(66-75-69(72)63-60-57-54-51-48-45-24-21-18-15-12-9-6-3)77-71(74)65-62-59-56-53-50-47-44-42-40-38-36-34-32-30-28-26-23-20-17-14-11-8-5-2/h12,15,21-22,24-25,29-32,68H,4-11,13-14,16-20,23,26-28,33-67H2,1-3H3/b15-12-,24-21-,25-22-,31-29-,32-30-. The van der Waals surface area contributed by atoms with Crippen LogP contribution >= 0.6 is 0 Å². The lowest BCUT2D eigenvalue weighted by atomic mass is 10.0. The topological polar surface area (TPSA) is 78.9 Å². The molecular weight excluding hydrogens is 949 g/mol. The van der Waals surface area contributed by atoms with Crippen LogP contribution in [0.15, 0.2) is 60.8 Å². The highest BCUT2D eigenvalue weighted by molar-refractivity contribution is 5.71. The second-order valence-electron chi connectivity index (χ2n) is 22.7. The number of carbonyl (C=O) groups is 3. The fourth-order valence-corrected chi connectivity index (χ4v) is 9.86. The summed E-state index contributed by atoms with van der Waals surface area (Å²) in [6.07, 6.45) is 83.8. The zero-order chi connectivity index (χ0) is 55.7. The van der Waals surface area contributed by atoms with Gasteiger partial charge in [0.2, 0.25) is 0 Å². The van der Waals surface area contributed by atoms with E-state index in [1.165, 1.54) is 225 Å². The first-order valence-corrected chi connectivity index (χ1v) is 33.8. The van der Waals surface area contributed by atoms with Crippen LogP contribution in [0.25, 0.3) is 0 Å². The number of rotatable bonds is 62. The molecule has 0 aromatic rings. The van der Waals surface area contributed by atoms with Crippen LogP contribution in [0, 0.1) is 0 Å². The van der Waals surface area contributed by atoms with Gasteiger partial charge in [-0.05, 0) is 103 Å². The molecule has 0 aliphatic heterocycles. The van der Waals surface area contributed by atoms with Crippen LogP contribution in [0.1, 0.15) is 355 Å². The van der Waals surface area contributed by atoms with E-state index in [4.69, 9.17) is 14.2 Å². The van der Waals surface area contributed by atoms with Crippen molar-refractivity contribution >= 4 is 17.9 Å². The minimum absolute atomic E-state index is 0.0779. The van der Waals surface area contributed by atoms with Gasteiger partial charge in [-0.1, -0.05) is 293 Å². The molecule has 0 saturated carbocycles. The Morgan fingerprint density at radius 3 is 0.779 bits per heavy atom. The molecule has 0 aliphatic carbocycles. The van der Waals surface area contributed by atoms with Gasteiger partial charge in [0, 0.05) is 19.3 Å². The molecule has 0 saturated heterocycles. The predicted octanol–water partition coefficient (Wildman–Crippen LogP) is 23.1. The molecule has 448 valence electrons. The van der Waals surface area contributed by atoms with Crippen LogP contribution < -0.4 is 0 Å². The summed E-state index contributed by atoms with van der Waals surface area (Å²) in [4.78, 5) is 38.4. The summed E-state index contributed by atoms with van der Waals surface area (Å²) >= 11 is 0. The van der Waals surface area contributed by atoms with E-state index in [1.807, 2.05) is 0 Å². The zero-order valence-electron chi connectivity index (χ0n) is 51.5. The molecule has 6 nitrogen and oxygen atoms in total. The number of esters is 3. The maximum Gasteiger partial charge on any atom is 0.306 e. The summed E-state index contributed by atoms with van der Waals surface area (Å²) in [6.45, 7) is 6.60. The van der Waals surface area contributed by atoms with Gasteiger partial charge in [0.05, 0.1) is 0 Å². The molecule has 77 heavy (non-hydrogen) atoms. The Bertz CT molecular complexity index is 1380. The van der Waals surface area contributed by atoms with Gasteiger partial charge in [0.15, 0.2) is 6.10 Å². The number of unbranched alkanes of at least 4 members (excludes halogenated alkanes) is 41. The molecule has 0 aromatic carbocycles. The van der Waals surface area contributed by atoms with Gasteiger partial charge in [0.25, 0.3) is 0 Å². The fraction of sp³-hybridized carbons (Fsp3) is 0.817. The molecule has 0 spiro atoms. The maximum atomic E-state index is 12.9. The van der Waals surface area contributed by atoms with Crippen molar-refractivity contribution in [1.29, 1.82) is 0 Å². The van der Waals surface area contributed by atoms with Crippen LogP contribution in [0.5, 0.6) is 0 Å². The molecule has 1 atom stereocenters. The third kappa shape index (κ3) is 63.8. The Morgan fingerprint density at radius 1 is 0.260 bits per heavy atom. The van der Waals surface area contributed by atoms with Gasteiger partial charge < -0.3 is 14.2 Å². The lowest BCUT2D eigenvalue weighted by Gasteiger charge is -2.18. The molecule has 0 rings (SSSR count). The van der Waals surface area contributed by atoms with Gasteiger partial charge >= 0.3 is 17.9 Å². The third-order valence-electron chi connectivity index (χ3n) is 14.9. The molecule has 0 heterocycles. The van der Waals surface area contributed by atoms with Crippen LogP contribution in [-0.4, -0.2) is 37.2 Å². The highest BCUT2D eigenvalue weighted by Crippen LogP contribution is 2.17. The molecule has 1 unspecified atom stereocenters. The smallest absolute Gasteiger partial charge is 0.306 e. The molecule has 0 N–H and O–H groups in total. The first kappa shape index (κ1) is 74.1. The van der Waals surface area contributed by atoms with Crippen molar-refractivity contribution in [1.82, 2.24) is 0 Å². The lowest BCUT2D eigenvalue weighted by Crippen LogP contribution is -2.30. The van der Waals surface area contributed by atoms with Crippen molar-refractivity contribution in [3.8, 4) is 0 Å². The molecule has 0 bridgehead atoms. The quantitative estimate of drug-likeness (QED) is 0.0261. The highest BCUT2D eigenvalue weighted by Gasteiger charge is 2.19. The van der Waals surface area contributed by atoms with Crippen molar-refractivity contribution in [2.45, 2.75) is 361 Å². The summed E-state index contributed by atoms with van der Waals surface area (Å²) in [6, 6.07) is 0. The zero-order valence-corrected chi connectivity index (χ0v) is 51.5. The first-order valence-electron chi connectivity index (χ1n) is 33.8. The maximum absolute atomic E-state index is 12.9. The minimum Gasteiger partial charge on any atom is -0.462 e. The van der Waals surface area contributed by atoms with Crippen molar-refractivity contribution in [2.75, 3.05) is 13.2 Å². The largest absolute Gasteiger partial charge is 0.462 e. The summed E-state index contributed by atoms with van der Waals surface area (Å²) in [5.74, 6) is -0.876. The number of hydrogen-bond acceptors (Lipinski definition) is 6. The first-order chi connectivity index (χ1) is 38.0. The third-order valence-corrected chi connectivity index (χ3v) is 14.9. The van der Waals surface area contributed by atoms with Crippen LogP contribution in [0.4, 0.5) is 0 Å². The Kier molecular flexibility index (Phi) is 63.2. The van der Waals surface area contributed by atoms with Crippen molar-refractivity contribution in [3.63, 3.8) is 0 Å². The Hall–Kier alpha value is -2.89. The number of ether oxygens (including phenoxy) is 3. The molecule has 0 amide bonds. The van der Waals surface area contributed by atoms with E-state index in [-0.39, 0.29) is 31.1 Å². The second-order valence-corrected chi connectivity index (χ2v) is 22.7. The average molecular weight is 1080 g/mol. The lowest BCUT2D eigenvalue weighted by molar-refractivity contribution is -0.167. The van der Waals surface area contributed by atoms with Gasteiger partial charge in [-0.3, -0.25) is 14.4 Å². The van der Waals surface area contributed by atoms with Gasteiger partial charge in [-0.25, -0.2) is 0 Å². The van der Waals surface area contributed by atoms with Gasteiger partial charge in [-0.2, -0.15) is 0 Å². The van der Waals surface area contributed by atoms with E-state index in [1.54, 1.807) is 0 Å². The minimum atomic E-state index is -0.782. The van der Waals surface area contributed by atoms with E-state index in [0.717, 1.165) is 89.9 Å². The average Bonchev–Trinajstić information content (AvgIpc) is 3.43. The summed E-state index contributed by atoms with van der Waals surface area (Å²) in [7, 11) is 0. The van der Waals surface area contributed by atoms with Gasteiger partial charge in [-0.15, -0.1) is 0 Å². The molecule has 0 aliphatic rings. The highest BCUT2D eigenvalue weighted by atomic mass is 16.6. The van der Waals surface area contributed by atoms with E-state index in [0.29, 0.717) is 19.3 Å². The number of hydrogen-bond donors (Lipinski definition) is 0. The number of allylic oxidation sites excluding steroid dienone is 10. The molecule has 0 fully saturated rings. The van der Waals surface area contributed by atoms with E-state index >= 15 is 0 Å². The van der Waals surface area contributed by atoms with Gasteiger partial charge in [0.1, 0.15) is 13.2 Å². The normalized spacial score (nSPS) is 12.4. The van der Waals surface area contributed by atoms with Crippen LogP contribution in [-0.2, 0) is 28.6 Å². The van der Waals surface area contributed by atoms with Crippen molar-refractivity contribution in [3.05, 3.63) is 60.8 Å². The molecule has 0 radical (unpaired) electrons. The predicted molar refractivity (Wildman–Crippen MR) is 335 cm³/mol.